The molecule has 4 aromatic rings. The molecule has 1 aliphatic rings. The van der Waals surface area contributed by atoms with E-state index >= 15 is 0 Å². The first-order chi connectivity index (χ1) is 16.7. The fourth-order valence-electron chi connectivity index (χ4n) is 4.72. The fraction of sp³-hybridized carbons (Fsp3) is 0.321. The second-order valence-electron chi connectivity index (χ2n) is 8.88. The van der Waals surface area contributed by atoms with Crippen molar-refractivity contribution >= 4 is 28.1 Å². The molecule has 0 saturated carbocycles. The summed E-state index contributed by atoms with van der Waals surface area (Å²) < 4.78 is 5.74. The molecule has 0 atom stereocenters. The number of hydrogen-bond acceptors (Lipinski definition) is 5. The third-order valence-electron chi connectivity index (χ3n) is 6.73. The van der Waals surface area contributed by atoms with Gasteiger partial charge in [-0.1, -0.05) is 72.2 Å². The number of likely N-dealkylation sites (N-methyl/N-ethyl adjacent to an activating group) is 1. The van der Waals surface area contributed by atoms with Gasteiger partial charge < -0.3 is 9.42 Å². The molecule has 2 heterocycles. The van der Waals surface area contributed by atoms with E-state index in [0.717, 1.165) is 74.4 Å². The Balaban J connectivity index is 1.15. The zero-order valence-corrected chi connectivity index (χ0v) is 20.4. The maximum atomic E-state index is 6.17. The summed E-state index contributed by atoms with van der Waals surface area (Å²) in [5.74, 6) is 0.913. The number of rotatable bonds is 8. The van der Waals surface area contributed by atoms with Crippen LogP contribution in [0.4, 0.5) is 5.69 Å². The molecule has 5 nitrogen and oxygen atoms in total. The molecule has 0 bridgehead atoms. The van der Waals surface area contributed by atoms with Gasteiger partial charge in [-0.25, -0.2) is 0 Å². The Morgan fingerprint density at radius 1 is 0.941 bits per heavy atom. The van der Waals surface area contributed by atoms with Gasteiger partial charge in [-0.05, 0) is 35.5 Å². The van der Waals surface area contributed by atoms with Crippen LogP contribution in [0.15, 0.2) is 77.3 Å². The molecule has 0 N–H and O–H groups in total. The van der Waals surface area contributed by atoms with E-state index < -0.39 is 0 Å². The molecule has 0 spiro atoms. The zero-order chi connectivity index (χ0) is 23.3. The summed E-state index contributed by atoms with van der Waals surface area (Å²) in [5.41, 5.74) is 3.24. The molecule has 6 heteroatoms. The molecule has 0 amide bonds. The minimum Gasteiger partial charge on any atom is -0.369 e. The van der Waals surface area contributed by atoms with E-state index in [9.17, 15) is 0 Å². The molecule has 34 heavy (non-hydrogen) atoms. The van der Waals surface area contributed by atoms with Crippen molar-refractivity contribution in [1.29, 1.82) is 0 Å². The maximum absolute atomic E-state index is 6.17. The normalized spacial score (nSPS) is 14.9. The Kier molecular flexibility index (Phi) is 7.14. The average Bonchev–Trinajstić information content (AvgIpc) is 3.35. The lowest BCUT2D eigenvalue weighted by Gasteiger charge is -2.37. The highest BCUT2D eigenvalue weighted by Gasteiger charge is 2.19. The largest absolute Gasteiger partial charge is 0.369 e. The van der Waals surface area contributed by atoms with Crippen molar-refractivity contribution in [2.45, 2.75) is 13.5 Å². The van der Waals surface area contributed by atoms with E-state index in [1.807, 2.05) is 12.1 Å². The lowest BCUT2D eigenvalue weighted by molar-refractivity contribution is 0.185. The van der Waals surface area contributed by atoms with Gasteiger partial charge in [0.1, 0.15) is 5.69 Å². The fourth-order valence-corrected chi connectivity index (χ4v) is 4.90. The van der Waals surface area contributed by atoms with Gasteiger partial charge in [-0.3, -0.25) is 9.80 Å². The third kappa shape index (κ3) is 5.27. The molecule has 1 aliphatic heterocycles. The Labute approximate surface area is 206 Å². The van der Waals surface area contributed by atoms with Gasteiger partial charge in [0.25, 0.3) is 0 Å². The molecule has 3 aromatic carbocycles. The summed E-state index contributed by atoms with van der Waals surface area (Å²) in [6.07, 6.45) is 0. The van der Waals surface area contributed by atoms with Crippen molar-refractivity contribution in [3.05, 3.63) is 83.6 Å². The second kappa shape index (κ2) is 10.6. The van der Waals surface area contributed by atoms with Crippen LogP contribution in [-0.2, 0) is 6.54 Å². The number of anilines is 1. The van der Waals surface area contributed by atoms with Gasteiger partial charge in [0.05, 0.1) is 6.54 Å². The quantitative estimate of drug-likeness (QED) is 0.323. The smallest absolute Gasteiger partial charge is 0.151 e. The predicted molar refractivity (Wildman–Crippen MR) is 141 cm³/mol. The van der Waals surface area contributed by atoms with Crippen LogP contribution in [0, 0.1) is 0 Å². The monoisotopic (exact) mass is 474 g/mol. The van der Waals surface area contributed by atoms with Crippen LogP contribution in [0.25, 0.3) is 22.0 Å². The molecule has 1 saturated heterocycles. The standard InChI is InChI=1S/C28H31ClN4O/c1-2-31(13-14-32-15-17-33(18-16-32)24-10-6-9-23(29)19-24)21-25-20-28(30-34-25)27-12-5-8-22-7-3-4-11-26(22)27/h3-12,19-20H,2,13-18,21H2,1H3. The van der Waals surface area contributed by atoms with Crippen molar-refractivity contribution in [1.82, 2.24) is 15.0 Å². The summed E-state index contributed by atoms with van der Waals surface area (Å²) in [6, 6.07) is 25.0. The van der Waals surface area contributed by atoms with E-state index in [0.29, 0.717) is 0 Å². The highest BCUT2D eigenvalue weighted by Crippen LogP contribution is 2.28. The van der Waals surface area contributed by atoms with Crippen molar-refractivity contribution in [2.75, 3.05) is 50.7 Å². The number of fused-ring (bicyclic) bond motifs is 1. The first kappa shape index (κ1) is 22.9. The first-order valence-corrected chi connectivity index (χ1v) is 12.5. The van der Waals surface area contributed by atoms with E-state index in [2.05, 4.69) is 87.4 Å². The van der Waals surface area contributed by atoms with E-state index in [1.54, 1.807) is 0 Å². The zero-order valence-electron chi connectivity index (χ0n) is 19.7. The van der Waals surface area contributed by atoms with Gasteiger partial charge in [0, 0.05) is 61.6 Å². The van der Waals surface area contributed by atoms with Crippen molar-refractivity contribution in [3.63, 3.8) is 0 Å². The third-order valence-corrected chi connectivity index (χ3v) is 6.96. The van der Waals surface area contributed by atoms with Gasteiger partial charge in [0.15, 0.2) is 5.76 Å². The number of piperazine rings is 1. The number of benzene rings is 3. The molecule has 0 aliphatic carbocycles. The average molecular weight is 475 g/mol. The minimum atomic E-state index is 0.775. The summed E-state index contributed by atoms with van der Waals surface area (Å²) >= 11 is 6.17. The van der Waals surface area contributed by atoms with Crippen LogP contribution in [-0.4, -0.2) is 60.8 Å². The Morgan fingerprint density at radius 2 is 1.74 bits per heavy atom. The van der Waals surface area contributed by atoms with Crippen LogP contribution in [0.3, 0.4) is 0 Å². The Morgan fingerprint density at radius 3 is 2.56 bits per heavy atom. The number of nitrogens with zero attached hydrogens (tertiary/aromatic N) is 4. The van der Waals surface area contributed by atoms with Gasteiger partial charge >= 0.3 is 0 Å². The van der Waals surface area contributed by atoms with E-state index in [4.69, 9.17) is 16.1 Å². The van der Waals surface area contributed by atoms with E-state index in [1.165, 1.54) is 16.5 Å². The molecule has 0 unspecified atom stereocenters. The molecule has 1 fully saturated rings. The number of halogens is 1. The predicted octanol–water partition coefficient (Wildman–Crippen LogP) is 5.79. The summed E-state index contributed by atoms with van der Waals surface area (Å²) in [5, 5.41) is 7.61. The highest BCUT2D eigenvalue weighted by atomic mass is 35.5. The number of hydrogen-bond donors (Lipinski definition) is 0. The minimum absolute atomic E-state index is 0.775. The first-order valence-electron chi connectivity index (χ1n) is 12.1. The topological polar surface area (TPSA) is 35.8 Å². The second-order valence-corrected chi connectivity index (χ2v) is 9.32. The highest BCUT2D eigenvalue weighted by molar-refractivity contribution is 6.30. The van der Waals surface area contributed by atoms with Crippen molar-refractivity contribution in [2.24, 2.45) is 0 Å². The van der Waals surface area contributed by atoms with Crippen LogP contribution >= 0.6 is 11.6 Å². The molecule has 1 aromatic heterocycles. The van der Waals surface area contributed by atoms with Crippen molar-refractivity contribution in [3.8, 4) is 11.3 Å². The Bertz CT molecular complexity index is 1230. The van der Waals surface area contributed by atoms with Gasteiger partial charge in [-0.2, -0.15) is 0 Å². The maximum Gasteiger partial charge on any atom is 0.151 e. The Hall–Kier alpha value is -2.86. The van der Waals surface area contributed by atoms with Crippen molar-refractivity contribution < 1.29 is 4.52 Å². The molecule has 5 rings (SSSR count). The summed E-state index contributed by atoms with van der Waals surface area (Å²) in [7, 11) is 0. The lowest BCUT2D eigenvalue weighted by atomic mass is 10.0. The van der Waals surface area contributed by atoms with Crippen LogP contribution in [0.2, 0.25) is 5.02 Å². The van der Waals surface area contributed by atoms with Gasteiger partial charge in [-0.15, -0.1) is 0 Å². The van der Waals surface area contributed by atoms with E-state index in [-0.39, 0.29) is 0 Å². The number of aromatic nitrogens is 1. The van der Waals surface area contributed by atoms with Crippen LogP contribution in [0.1, 0.15) is 12.7 Å². The van der Waals surface area contributed by atoms with Crippen LogP contribution < -0.4 is 4.90 Å². The lowest BCUT2D eigenvalue weighted by Crippen LogP contribution is -2.48. The molecule has 176 valence electrons. The molecular formula is C28H31ClN4O. The summed E-state index contributed by atoms with van der Waals surface area (Å²) in [6.45, 7) is 10.2. The molecule has 0 radical (unpaired) electrons. The van der Waals surface area contributed by atoms with Crippen LogP contribution in [0.5, 0.6) is 0 Å². The molecular weight excluding hydrogens is 444 g/mol. The summed E-state index contributed by atoms with van der Waals surface area (Å²) in [4.78, 5) is 7.39. The SMILES string of the molecule is CCN(CCN1CCN(c2cccc(Cl)c2)CC1)Cc1cc(-c2cccc3ccccc23)no1. The van der Waals surface area contributed by atoms with Gasteiger partial charge in [0.2, 0.25) is 0 Å².